The van der Waals surface area contributed by atoms with Gasteiger partial charge >= 0.3 is 0 Å². The molecule has 0 saturated carbocycles. The molecule has 0 fully saturated rings. The van der Waals surface area contributed by atoms with Gasteiger partial charge in [-0.05, 0) is 47.4 Å². The fourth-order valence-electron chi connectivity index (χ4n) is 3.78. The third-order valence-electron chi connectivity index (χ3n) is 5.47. The van der Waals surface area contributed by atoms with Crippen molar-refractivity contribution in [1.82, 2.24) is 14.6 Å². The molecule has 0 aliphatic carbocycles. The molecular formula is C25H24N4O6S. The van der Waals surface area contributed by atoms with Gasteiger partial charge in [0.05, 0.1) is 14.2 Å². The van der Waals surface area contributed by atoms with Crippen molar-refractivity contribution < 1.29 is 27.2 Å². The second-order valence-electron chi connectivity index (χ2n) is 7.96. The van der Waals surface area contributed by atoms with Gasteiger partial charge < -0.3 is 23.5 Å². The molecule has 0 atom stereocenters. The molecule has 2 heterocycles. The summed E-state index contributed by atoms with van der Waals surface area (Å²) in [5, 5.41) is 4.32. The van der Waals surface area contributed by atoms with Crippen LogP contribution in [0.5, 0.6) is 11.5 Å². The predicted molar refractivity (Wildman–Crippen MR) is 133 cm³/mol. The smallest absolute Gasteiger partial charge is 0.298 e. The fraction of sp³-hybridized carbons (Fsp3) is 0.200. The first kappa shape index (κ1) is 24.7. The van der Waals surface area contributed by atoms with E-state index in [1.165, 1.54) is 25.2 Å². The Morgan fingerprint density at radius 2 is 1.92 bits per heavy atom. The van der Waals surface area contributed by atoms with E-state index in [-0.39, 0.29) is 22.4 Å². The maximum atomic E-state index is 13.0. The van der Waals surface area contributed by atoms with Crippen LogP contribution in [-0.2, 0) is 27.9 Å². The third-order valence-corrected chi connectivity index (χ3v) is 6.85. The summed E-state index contributed by atoms with van der Waals surface area (Å²) < 4.78 is 46.6. The Balaban J connectivity index is 1.60. The molecule has 4 aromatic rings. The number of amides is 1. The average molecular weight is 509 g/mol. The first-order chi connectivity index (χ1) is 17.2. The molecule has 2 aromatic carbocycles. The molecule has 4 rings (SSSR count). The third kappa shape index (κ3) is 4.99. The van der Waals surface area contributed by atoms with Gasteiger partial charge in [-0.3, -0.25) is 9.52 Å². The maximum absolute atomic E-state index is 13.0. The van der Waals surface area contributed by atoms with Gasteiger partial charge in [-0.15, -0.1) is 6.42 Å². The van der Waals surface area contributed by atoms with Crippen LogP contribution in [0.3, 0.4) is 0 Å². The minimum atomic E-state index is -4.01. The number of hydrogen-bond acceptors (Lipinski definition) is 7. The fourth-order valence-corrected chi connectivity index (χ4v) is 4.96. The Morgan fingerprint density at radius 1 is 1.17 bits per heavy atom. The summed E-state index contributed by atoms with van der Waals surface area (Å²) in [6, 6.07) is 11.7. The van der Waals surface area contributed by atoms with Gasteiger partial charge in [-0.25, -0.2) is 8.42 Å². The Hall–Kier alpha value is -4.43. The van der Waals surface area contributed by atoms with Crippen LogP contribution in [0.2, 0.25) is 0 Å². The minimum absolute atomic E-state index is 0.00349. The number of rotatable bonds is 9. The molecule has 0 saturated heterocycles. The molecule has 0 spiro atoms. The molecule has 0 radical (unpaired) electrons. The Morgan fingerprint density at radius 3 is 2.64 bits per heavy atom. The molecule has 0 unspecified atom stereocenters. The number of methoxy groups -OCH3 is 2. The highest BCUT2D eigenvalue weighted by molar-refractivity contribution is 7.92. The highest BCUT2D eigenvalue weighted by Gasteiger charge is 2.24. The van der Waals surface area contributed by atoms with E-state index in [0.717, 1.165) is 11.1 Å². The molecular weight excluding hydrogens is 484 g/mol. The number of ether oxygens (including phenoxy) is 2. The summed E-state index contributed by atoms with van der Waals surface area (Å²) in [5.41, 5.74) is 2.11. The number of nitrogens with one attached hydrogen (secondary N) is 1. The van der Waals surface area contributed by atoms with E-state index < -0.39 is 10.0 Å². The number of benzene rings is 2. The number of terminal acetylenes is 1. The van der Waals surface area contributed by atoms with E-state index in [1.54, 1.807) is 37.4 Å². The second kappa shape index (κ2) is 10.1. The van der Waals surface area contributed by atoms with Gasteiger partial charge in [0.15, 0.2) is 11.4 Å². The zero-order valence-electron chi connectivity index (χ0n) is 19.9. The lowest BCUT2D eigenvalue weighted by Crippen LogP contribution is -2.24. The van der Waals surface area contributed by atoms with Crippen molar-refractivity contribution in [3.8, 4) is 23.8 Å². The van der Waals surface area contributed by atoms with Crippen molar-refractivity contribution in [2.75, 3.05) is 26.0 Å². The molecule has 2 aromatic heterocycles. The average Bonchev–Trinajstić information content (AvgIpc) is 3.49. The molecule has 11 heteroatoms. The quantitative estimate of drug-likeness (QED) is 0.346. The predicted octanol–water partition coefficient (Wildman–Crippen LogP) is 3.09. The van der Waals surface area contributed by atoms with Gasteiger partial charge in [0.1, 0.15) is 21.8 Å². The van der Waals surface area contributed by atoms with Crippen molar-refractivity contribution in [2.45, 2.75) is 18.0 Å². The van der Waals surface area contributed by atoms with E-state index in [4.69, 9.17) is 20.4 Å². The number of nitrogens with zero attached hydrogens (tertiary/aromatic N) is 3. The van der Waals surface area contributed by atoms with Crippen molar-refractivity contribution in [3.63, 3.8) is 0 Å². The van der Waals surface area contributed by atoms with Crippen LogP contribution < -0.4 is 14.2 Å². The van der Waals surface area contributed by atoms with Crippen LogP contribution in [0.1, 0.15) is 11.1 Å². The topological polar surface area (TPSA) is 116 Å². The Labute approximate surface area is 208 Å². The number of sulfonamides is 1. The lowest BCUT2D eigenvalue weighted by atomic mass is 10.1. The highest BCUT2D eigenvalue weighted by Crippen LogP contribution is 2.35. The number of fused-ring (bicyclic) bond motifs is 1. The van der Waals surface area contributed by atoms with Gasteiger partial charge in [-0.1, -0.05) is 17.3 Å². The molecule has 1 N–H and O–H groups in total. The van der Waals surface area contributed by atoms with Crippen molar-refractivity contribution >= 4 is 32.7 Å². The summed E-state index contributed by atoms with van der Waals surface area (Å²) in [6.07, 6.45) is 8.96. The molecule has 0 aliphatic rings. The van der Waals surface area contributed by atoms with Gasteiger partial charge in [0, 0.05) is 32.5 Å². The molecule has 0 aliphatic heterocycles. The summed E-state index contributed by atoms with van der Waals surface area (Å²) in [7, 11) is 0.505. The largest absolute Gasteiger partial charge is 0.496 e. The van der Waals surface area contributed by atoms with E-state index >= 15 is 0 Å². The van der Waals surface area contributed by atoms with Crippen molar-refractivity contribution in [3.05, 3.63) is 66.0 Å². The summed E-state index contributed by atoms with van der Waals surface area (Å²) in [4.78, 5) is 13.0. The number of carbonyl (C=O) groups excluding carboxylic acids is 1. The van der Waals surface area contributed by atoms with Crippen LogP contribution in [0.4, 0.5) is 5.82 Å². The molecule has 186 valence electrons. The number of aromatic nitrogens is 2. The SMILES string of the molecule is C#CC(=O)N(C)Cc1ccn(Cc2cc(OC)c3c(NS(=O)(=O)c4ccccc4OC)noc3c2)c1. The Bertz CT molecular complexity index is 1560. The van der Waals surface area contributed by atoms with E-state index in [0.29, 0.717) is 29.8 Å². The lowest BCUT2D eigenvalue weighted by molar-refractivity contribution is -0.124. The summed E-state index contributed by atoms with van der Waals surface area (Å²) in [6.45, 7) is 0.859. The normalized spacial score (nSPS) is 11.2. The van der Waals surface area contributed by atoms with Gasteiger partial charge in [-0.2, -0.15) is 0 Å². The standard InChI is InChI=1S/C25H24N4O6S/c1-5-23(30)28(2)14-17-10-11-29(15-17)16-18-12-20(34-4)24-21(13-18)35-26-25(24)27-36(31,32)22-9-7-6-8-19(22)33-3/h1,6-13,15H,14,16H2,2-4H3,(H,26,27). The first-order valence-electron chi connectivity index (χ1n) is 10.7. The zero-order chi connectivity index (χ0) is 25.9. The van der Waals surface area contributed by atoms with Crippen LogP contribution in [-0.4, -0.2) is 50.2 Å². The van der Waals surface area contributed by atoms with Crippen molar-refractivity contribution in [1.29, 1.82) is 0 Å². The second-order valence-corrected chi connectivity index (χ2v) is 9.61. The highest BCUT2D eigenvalue weighted by atomic mass is 32.2. The van der Waals surface area contributed by atoms with Gasteiger partial charge in [0.2, 0.25) is 0 Å². The summed E-state index contributed by atoms with van der Waals surface area (Å²) in [5.74, 6) is 2.31. The summed E-state index contributed by atoms with van der Waals surface area (Å²) >= 11 is 0. The van der Waals surface area contributed by atoms with E-state index in [2.05, 4.69) is 15.8 Å². The molecule has 36 heavy (non-hydrogen) atoms. The van der Waals surface area contributed by atoms with Gasteiger partial charge in [0.25, 0.3) is 15.9 Å². The monoisotopic (exact) mass is 508 g/mol. The molecule has 0 bridgehead atoms. The number of para-hydroxylation sites is 1. The number of carbonyl (C=O) groups is 1. The number of hydrogen-bond donors (Lipinski definition) is 1. The van der Waals surface area contributed by atoms with E-state index in [9.17, 15) is 13.2 Å². The molecule has 10 nitrogen and oxygen atoms in total. The van der Waals surface area contributed by atoms with E-state index in [1.807, 2.05) is 23.0 Å². The Kier molecular flexibility index (Phi) is 6.89. The lowest BCUT2D eigenvalue weighted by Gasteiger charge is -2.12. The zero-order valence-corrected chi connectivity index (χ0v) is 20.7. The number of anilines is 1. The minimum Gasteiger partial charge on any atom is -0.496 e. The maximum Gasteiger partial charge on any atom is 0.298 e. The van der Waals surface area contributed by atoms with Crippen LogP contribution in [0.25, 0.3) is 11.0 Å². The molecule has 1 amide bonds. The first-order valence-corrected chi connectivity index (χ1v) is 12.2. The van der Waals surface area contributed by atoms with Crippen LogP contribution >= 0.6 is 0 Å². The van der Waals surface area contributed by atoms with Crippen molar-refractivity contribution in [2.24, 2.45) is 0 Å². The van der Waals surface area contributed by atoms with Crippen LogP contribution in [0, 0.1) is 12.3 Å². The van der Waals surface area contributed by atoms with Crippen LogP contribution in [0.15, 0.2) is 64.3 Å².